The van der Waals surface area contributed by atoms with Gasteiger partial charge in [0.05, 0.1) is 0 Å². The van der Waals surface area contributed by atoms with Crippen LogP contribution in [0.1, 0.15) is 213 Å². The van der Waals surface area contributed by atoms with E-state index in [-0.39, 0.29) is 108 Å². The minimum Gasteiger partial charge on any atom is -0.550 e. The molecule has 0 fully saturated rings. The van der Waals surface area contributed by atoms with Gasteiger partial charge in [0.15, 0.2) is 0 Å². The van der Waals surface area contributed by atoms with E-state index < -0.39 is 17.9 Å². The van der Waals surface area contributed by atoms with E-state index >= 15 is 0 Å². The van der Waals surface area contributed by atoms with Crippen molar-refractivity contribution in [2.75, 3.05) is 0 Å². The van der Waals surface area contributed by atoms with Gasteiger partial charge in [0, 0.05) is 17.9 Å². The summed E-state index contributed by atoms with van der Waals surface area (Å²) >= 11 is 0. The first kappa shape index (κ1) is 58.6. The predicted molar refractivity (Wildman–Crippen MR) is 171 cm³/mol. The van der Waals surface area contributed by atoms with E-state index in [1.54, 1.807) is 0 Å². The minimum absolute atomic E-state index is 0. The van der Waals surface area contributed by atoms with Crippen LogP contribution in [0.2, 0.25) is 0 Å². The number of aliphatic carboxylic acids is 3. The maximum absolute atomic E-state index is 10.1. The van der Waals surface area contributed by atoms with Crippen molar-refractivity contribution in [3.8, 4) is 0 Å². The molecule has 0 rings (SSSR count). The molecule has 0 aliphatic heterocycles. The van der Waals surface area contributed by atoms with Crippen LogP contribution in [0.3, 0.4) is 0 Å². The van der Waals surface area contributed by atoms with E-state index in [2.05, 4.69) is 20.8 Å². The Morgan fingerprint density at radius 1 is 0.289 bits per heavy atom. The van der Waals surface area contributed by atoms with E-state index in [0.717, 1.165) is 38.5 Å². The van der Waals surface area contributed by atoms with Gasteiger partial charge in [0.2, 0.25) is 0 Å². The molecule has 0 radical (unpaired) electrons. The largest absolute Gasteiger partial charge is 1.00 e. The van der Waals surface area contributed by atoms with Gasteiger partial charge in [-0.15, -0.1) is 0 Å². The topological polar surface area (TPSA) is 120 Å². The van der Waals surface area contributed by atoms with Gasteiger partial charge in [-0.3, -0.25) is 0 Å². The molecular weight excluding hydrogens is 597 g/mol. The molecule has 9 heteroatoms. The van der Waals surface area contributed by atoms with Gasteiger partial charge in [-0.05, 0) is 38.5 Å². The smallest absolute Gasteiger partial charge is 0.550 e. The first-order valence-corrected chi connectivity index (χ1v) is 17.9. The van der Waals surface area contributed by atoms with Crippen molar-refractivity contribution in [3.05, 3.63) is 0 Å². The van der Waals surface area contributed by atoms with Crippen molar-refractivity contribution in [3.63, 3.8) is 0 Å². The Morgan fingerprint density at radius 2 is 0.422 bits per heavy atom. The van der Waals surface area contributed by atoms with Crippen LogP contribution in [0.4, 0.5) is 0 Å². The maximum atomic E-state index is 10.1. The summed E-state index contributed by atoms with van der Waals surface area (Å²) in [6.07, 6.45) is 33.5. The van der Waals surface area contributed by atoms with Crippen LogP contribution in [-0.2, 0) is 14.4 Å². The van der Waals surface area contributed by atoms with Crippen molar-refractivity contribution in [2.24, 2.45) is 0 Å². The molecule has 252 valence electrons. The zero-order valence-corrected chi connectivity index (χ0v) is 37.2. The van der Waals surface area contributed by atoms with E-state index in [1.165, 1.54) is 135 Å². The Balaban J connectivity index is -0.000000123. The second-order valence-corrected chi connectivity index (χ2v) is 11.9. The third kappa shape index (κ3) is 72.3. The van der Waals surface area contributed by atoms with Crippen molar-refractivity contribution in [2.45, 2.75) is 213 Å². The SMILES string of the molecule is CCCCCCCCCCCC(=O)[O-].CCCCCCCCCCCC(=O)[O-].CCCCCCCCCCCC(=O)[O-].[Na+].[Na+].[Na+]. The number of carbonyl (C=O) groups excluding carboxylic acids is 3. The molecule has 0 aromatic heterocycles. The van der Waals surface area contributed by atoms with Crippen LogP contribution in [0.25, 0.3) is 0 Å². The molecular formula is C36H69Na3O6. The summed E-state index contributed by atoms with van der Waals surface area (Å²) in [4.78, 5) is 30.3. The summed E-state index contributed by atoms with van der Waals surface area (Å²) in [5.41, 5.74) is 0. The number of hydrogen-bond acceptors (Lipinski definition) is 6. The average molecular weight is 667 g/mol. The molecule has 0 aliphatic carbocycles. The number of carbonyl (C=O) groups is 3. The molecule has 0 spiro atoms. The Bertz CT molecular complexity index is 489. The second-order valence-electron chi connectivity index (χ2n) is 11.9. The molecule has 45 heavy (non-hydrogen) atoms. The number of unbranched alkanes of at least 4 members (excludes halogenated alkanes) is 24. The van der Waals surface area contributed by atoms with Gasteiger partial charge < -0.3 is 29.7 Å². The molecule has 0 N–H and O–H groups in total. The Morgan fingerprint density at radius 3 is 0.556 bits per heavy atom. The van der Waals surface area contributed by atoms with E-state index in [1.807, 2.05) is 0 Å². The Labute approximate surface area is 346 Å². The normalized spacial score (nSPS) is 9.67. The number of hydrogen-bond donors (Lipinski definition) is 0. The third-order valence-electron chi connectivity index (χ3n) is 7.45. The number of carboxylic acids is 3. The first-order valence-electron chi connectivity index (χ1n) is 17.9. The summed E-state index contributed by atoms with van der Waals surface area (Å²) in [6.45, 7) is 6.67. The van der Waals surface area contributed by atoms with Gasteiger partial charge in [-0.25, -0.2) is 0 Å². The van der Waals surface area contributed by atoms with Crippen molar-refractivity contribution >= 4 is 17.9 Å². The molecule has 0 saturated carbocycles. The van der Waals surface area contributed by atoms with Crippen LogP contribution in [0, 0.1) is 0 Å². The minimum atomic E-state index is -0.909. The first-order chi connectivity index (χ1) is 20.3. The molecule has 0 aromatic carbocycles. The van der Waals surface area contributed by atoms with Crippen LogP contribution in [0.15, 0.2) is 0 Å². The standard InChI is InChI=1S/3C12H24O2.3Na/c3*1-2-3-4-5-6-7-8-9-10-11-12(13)14;;;/h3*2-11H2,1H3,(H,13,14);;;/q;;;3*+1/p-3. The maximum Gasteiger partial charge on any atom is 1.00 e. The fourth-order valence-electron chi connectivity index (χ4n) is 4.74. The molecule has 0 aliphatic rings. The van der Waals surface area contributed by atoms with Crippen LogP contribution >= 0.6 is 0 Å². The van der Waals surface area contributed by atoms with E-state index in [9.17, 15) is 29.7 Å². The molecule has 0 aromatic rings. The summed E-state index contributed by atoms with van der Waals surface area (Å²) in [7, 11) is 0. The molecule has 0 saturated heterocycles. The quantitative estimate of drug-likeness (QED) is 0.0716. The predicted octanol–water partition coefficient (Wildman–Crippen LogP) is -1.02. The third-order valence-corrected chi connectivity index (χ3v) is 7.45. The summed E-state index contributed by atoms with van der Waals surface area (Å²) in [6, 6.07) is 0. The fourth-order valence-corrected chi connectivity index (χ4v) is 4.74. The monoisotopic (exact) mass is 666 g/mol. The molecule has 0 bridgehead atoms. The number of carboxylic acid groups (broad SMARTS) is 3. The van der Waals surface area contributed by atoms with Gasteiger partial charge >= 0.3 is 88.7 Å². The summed E-state index contributed by atoms with van der Waals surface area (Å²) in [5.74, 6) is -2.73. The van der Waals surface area contributed by atoms with Gasteiger partial charge in [-0.1, -0.05) is 175 Å². The zero-order chi connectivity index (χ0) is 31.9. The van der Waals surface area contributed by atoms with Crippen LogP contribution in [0.5, 0.6) is 0 Å². The fraction of sp³-hybridized carbons (Fsp3) is 0.917. The van der Waals surface area contributed by atoms with Gasteiger partial charge in [0.1, 0.15) is 0 Å². The van der Waals surface area contributed by atoms with E-state index in [4.69, 9.17) is 0 Å². The van der Waals surface area contributed by atoms with Crippen LogP contribution in [-0.4, -0.2) is 17.9 Å². The van der Waals surface area contributed by atoms with Crippen molar-refractivity contribution < 1.29 is 118 Å². The molecule has 0 amide bonds. The second kappa shape index (κ2) is 54.8. The molecule has 0 atom stereocenters. The Hall–Kier alpha value is 1.41. The summed E-state index contributed by atoms with van der Waals surface area (Å²) < 4.78 is 0. The average Bonchev–Trinajstić information content (AvgIpc) is 2.95. The number of rotatable bonds is 30. The molecule has 0 unspecified atom stereocenters. The van der Waals surface area contributed by atoms with Crippen molar-refractivity contribution in [1.29, 1.82) is 0 Å². The Kier molecular flexibility index (Phi) is 71.4. The zero-order valence-electron chi connectivity index (χ0n) is 31.2. The van der Waals surface area contributed by atoms with Crippen molar-refractivity contribution in [1.82, 2.24) is 0 Å². The molecule has 6 nitrogen and oxygen atoms in total. The van der Waals surface area contributed by atoms with Gasteiger partial charge in [-0.2, -0.15) is 0 Å². The van der Waals surface area contributed by atoms with Crippen LogP contribution < -0.4 is 104 Å². The molecule has 0 heterocycles. The summed E-state index contributed by atoms with van der Waals surface area (Å²) in [5, 5.41) is 30.3. The van der Waals surface area contributed by atoms with E-state index in [0.29, 0.717) is 0 Å². The van der Waals surface area contributed by atoms with Gasteiger partial charge in [0.25, 0.3) is 0 Å².